The molecule has 23 heavy (non-hydrogen) atoms. The zero-order valence-electron chi connectivity index (χ0n) is 13.2. The van der Waals surface area contributed by atoms with Crippen LogP contribution in [0.15, 0.2) is 23.2 Å². The maximum absolute atomic E-state index is 11.5. The third-order valence-electron chi connectivity index (χ3n) is 3.43. The maximum Gasteiger partial charge on any atom is 0.223 e. The van der Waals surface area contributed by atoms with Crippen molar-refractivity contribution < 1.29 is 4.79 Å². The van der Waals surface area contributed by atoms with Crippen LogP contribution in [-0.4, -0.2) is 31.5 Å². The Morgan fingerprint density at radius 2 is 1.96 bits per heavy atom. The highest BCUT2D eigenvalue weighted by atomic mass is 35.5. The topological polar surface area (TPSA) is 65.5 Å². The zero-order valence-corrected chi connectivity index (χ0v) is 14.7. The summed E-state index contributed by atoms with van der Waals surface area (Å²) in [5.41, 5.74) is 0.912. The van der Waals surface area contributed by atoms with Crippen molar-refractivity contribution in [3.8, 4) is 0 Å². The van der Waals surface area contributed by atoms with Gasteiger partial charge < -0.3 is 16.0 Å². The summed E-state index contributed by atoms with van der Waals surface area (Å²) in [5.74, 6) is 1.09. The van der Waals surface area contributed by atoms with Crippen LogP contribution >= 0.6 is 23.2 Å². The van der Waals surface area contributed by atoms with E-state index in [4.69, 9.17) is 23.2 Å². The number of hydrogen-bond donors (Lipinski definition) is 3. The molecule has 1 aromatic carbocycles. The molecule has 0 unspecified atom stereocenters. The van der Waals surface area contributed by atoms with Gasteiger partial charge in [-0.05, 0) is 37.5 Å². The van der Waals surface area contributed by atoms with Crippen molar-refractivity contribution in [2.24, 2.45) is 10.9 Å². The molecule has 0 bridgehead atoms. The Morgan fingerprint density at radius 1 is 1.22 bits per heavy atom. The van der Waals surface area contributed by atoms with Crippen molar-refractivity contribution in [2.45, 2.75) is 26.3 Å². The van der Waals surface area contributed by atoms with Crippen molar-refractivity contribution >= 4 is 35.1 Å². The SMILES string of the molecule is CCNC(=NCc1ccc(Cl)cc1Cl)NCCNC(=O)C1CC1. The highest BCUT2D eigenvalue weighted by molar-refractivity contribution is 6.35. The highest BCUT2D eigenvalue weighted by Crippen LogP contribution is 2.28. The number of hydrogen-bond acceptors (Lipinski definition) is 2. The number of nitrogens with zero attached hydrogens (tertiary/aromatic N) is 1. The number of halogens is 2. The smallest absolute Gasteiger partial charge is 0.223 e. The first-order chi connectivity index (χ1) is 11.1. The number of nitrogens with one attached hydrogen (secondary N) is 3. The number of benzene rings is 1. The van der Waals surface area contributed by atoms with Crippen molar-refractivity contribution in [1.29, 1.82) is 0 Å². The van der Waals surface area contributed by atoms with Gasteiger partial charge in [0.15, 0.2) is 5.96 Å². The molecule has 1 fully saturated rings. The lowest BCUT2D eigenvalue weighted by Crippen LogP contribution is -2.41. The van der Waals surface area contributed by atoms with Gasteiger partial charge in [-0.2, -0.15) is 0 Å². The van der Waals surface area contributed by atoms with E-state index in [1.165, 1.54) is 0 Å². The molecule has 0 spiro atoms. The first-order valence-corrected chi connectivity index (χ1v) is 8.59. The fraction of sp³-hybridized carbons (Fsp3) is 0.500. The van der Waals surface area contributed by atoms with Crippen LogP contribution in [0.2, 0.25) is 10.0 Å². The molecule has 0 heterocycles. The van der Waals surface area contributed by atoms with Crippen LogP contribution in [0, 0.1) is 5.92 Å². The standard InChI is InChI=1S/C16H22Cl2N4O/c1-2-19-16(21-8-7-20-15(23)11-3-4-11)22-10-12-5-6-13(17)9-14(12)18/h5-6,9,11H,2-4,7-8,10H2,1H3,(H,20,23)(H2,19,21,22). The normalized spacial score (nSPS) is 14.5. The predicted octanol–water partition coefficient (Wildman–Crippen LogP) is 2.57. The van der Waals surface area contributed by atoms with Gasteiger partial charge in [0.05, 0.1) is 6.54 Å². The number of rotatable bonds is 7. The molecule has 1 aliphatic carbocycles. The fourth-order valence-corrected chi connectivity index (χ4v) is 2.48. The Kier molecular flexibility index (Phi) is 6.99. The first-order valence-electron chi connectivity index (χ1n) is 7.84. The van der Waals surface area contributed by atoms with E-state index in [9.17, 15) is 4.79 Å². The molecule has 5 nitrogen and oxygen atoms in total. The van der Waals surface area contributed by atoms with E-state index in [-0.39, 0.29) is 11.8 Å². The van der Waals surface area contributed by atoms with Gasteiger partial charge in [0.25, 0.3) is 0 Å². The largest absolute Gasteiger partial charge is 0.357 e. The minimum Gasteiger partial charge on any atom is -0.357 e. The lowest BCUT2D eigenvalue weighted by molar-refractivity contribution is -0.122. The summed E-state index contributed by atoms with van der Waals surface area (Å²) in [6.07, 6.45) is 2.04. The molecule has 7 heteroatoms. The summed E-state index contributed by atoms with van der Waals surface area (Å²) >= 11 is 12.0. The Bertz CT molecular complexity index is 573. The number of carbonyl (C=O) groups is 1. The lowest BCUT2D eigenvalue weighted by Gasteiger charge is -2.12. The van der Waals surface area contributed by atoms with Gasteiger partial charge >= 0.3 is 0 Å². The minimum atomic E-state index is 0.154. The molecule has 1 aliphatic rings. The van der Waals surface area contributed by atoms with Crippen LogP contribution in [-0.2, 0) is 11.3 Å². The molecule has 0 saturated heterocycles. The molecule has 1 amide bonds. The Hall–Kier alpha value is -1.46. The molecule has 1 saturated carbocycles. The van der Waals surface area contributed by atoms with E-state index in [1.54, 1.807) is 12.1 Å². The van der Waals surface area contributed by atoms with Gasteiger partial charge in [0.2, 0.25) is 5.91 Å². The molecule has 0 aliphatic heterocycles. The summed E-state index contributed by atoms with van der Waals surface area (Å²) in [6.45, 7) is 4.43. The van der Waals surface area contributed by atoms with Crippen LogP contribution < -0.4 is 16.0 Å². The second-order valence-electron chi connectivity index (χ2n) is 5.42. The minimum absolute atomic E-state index is 0.154. The molecule has 126 valence electrons. The number of amides is 1. The quantitative estimate of drug-likeness (QED) is 0.399. The van der Waals surface area contributed by atoms with E-state index in [0.717, 1.165) is 24.9 Å². The molecular weight excluding hydrogens is 335 g/mol. The molecule has 0 atom stereocenters. The predicted molar refractivity (Wildman–Crippen MR) is 95.0 cm³/mol. The number of guanidine groups is 1. The van der Waals surface area contributed by atoms with Crippen LogP contribution in [0.3, 0.4) is 0 Å². The van der Waals surface area contributed by atoms with Gasteiger partial charge in [-0.1, -0.05) is 29.3 Å². The number of aliphatic imine (C=N–C) groups is 1. The summed E-state index contributed by atoms with van der Waals surface area (Å²) in [5, 5.41) is 10.5. The Morgan fingerprint density at radius 3 is 2.61 bits per heavy atom. The van der Waals surface area contributed by atoms with Gasteiger partial charge in [-0.25, -0.2) is 4.99 Å². The van der Waals surface area contributed by atoms with Crippen LogP contribution in [0.1, 0.15) is 25.3 Å². The van der Waals surface area contributed by atoms with Crippen molar-refractivity contribution in [3.63, 3.8) is 0 Å². The van der Waals surface area contributed by atoms with Gasteiger partial charge in [0.1, 0.15) is 0 Å². The molecule has 1 aromatic rings. The molecule has 0 aromatic heterocycles. The monoisotopic (exact) mass is 356 g/mol. The average molecular weight is 357 g/mol. The molecule has 2 rings (SSSR count). The average Bonchev–Trinajstić information content (AvgIpc) is 3.35. The van der Waals surface area contributed by atoms with E-state index >= 15 is 0 Å². The fourth-order valence-electron chi connectivity index (χ4n) is 2.01. The summed E-state index contributed by atoms with van der Waals surface area (Å²) < 4.78 is 0. The van der Waals surface area contributed by atoms with Gasteiger partial charge in [0, 0.05) is 35.6 Å². The zero-order chi connectivity index (χ0) is 16.7. The summed E-state index contributed by atoms with van der Waals surface area (Å²) in [4.78, 5) is 16.0. The van der Waals surface area contributed by atoms with Crippen molar-refractivity contribution in [3.05, 3.63) is 33.8 Å². The number of carbonyl (C=O) groups excluding carboxylic acids is 1. The summed E-state index contributed by atoms with van der Waals surface area (Å²) in [6, 6.07) is 5.38. The van der Waals surface area contributed by atoms with Crippen molar-refractivity contribution in [1.82, 2.24) is 16.0 Å². The van der Waals surface area contributed by atoms with Gasteiger partial charge in [-0.15, -0.1) is 0 Å². The maximum atomic E-state index is 11.5. The van der Waals surface area contributed by atoms with Crippen LogP contribution in [0.5, 0.6) is 0 Å². The lowest BCUT2D eigenvalue weighted by atomic mass is 10.2. The second-order valence-corrected chi connectivity index (χ2v) is 6.27. The third kappa shape index (κ3) is 6.28. The molecular formula is C16H22Cl2N4O. The van der Waals surface area contributed by atoms with E-state index in [0.29, 0.717) is 35.6 Å². The van der Waals surface area contributed by atoms with Crippen LogP contribution in [0.25, 0.3) is 0 Å². The Balaban J connectivity index is 1.80. The van der Waals surface area contributed by atoms with Crippen LogP contribution in [0.4, 0.5) is 0 Å². The van der Waals surface area contributed by atoms with E-state index in [2.05, 4.69) is 20.9 Å². The van der Waals surface area contributed by atoms with E-state index in [1.807, 2.05) is 13.0 Å². The van der Waals surface area contributed by atoms with Crippen molar-refractivity contribution in [2.75, 3.05) is 19.6 Å². The third-order valence-corrected chi connectivity index (χ3v) is 4.02. The Labute approximate surface area is 146 Å². The summed E-state index contributed by atoms with van der Waals surface area (Å²) in [7, 11) is 0. The first kappa shape index (κ1) is 17.9. The van der Waals surface area contributed by atoms with Gasteiger partial charge in [-0.3, -0.25) is 4.79 Å². The molecule has 0 radical (unpaired) electrons. The highest BCUT2D eigenvalue weighted by Gasteiger charge is 2.28. The van der Waals surface area contributed by atoms with E-state index < -0.39 is 0 Å². The second kappa shape index (κ2) is 8.99. The molecule has 3 N–H and O–H groups in total.